The normalized spacial score (nSPS) is 10.4. The van der Waals surface area contributed by atoms with Gasteiger partial charge in [0.1, 0.15) is 5.82 Å². The van der Waals surface area contributed by atoms with Gasteiger partial charge >= 0.3 is 0 Å². The van der Waals surface area contributed by atoms with E-state index in [1.807, 2.05) is 24.3 Å². The van der Waals surface area contributed by atoms with Crippen LogP contribution in [0.4, 0.5) is 0 Å². The number of aromatic nitrogens is 3. The van der Waals surface area contributed by atoms with Gasteiger partial charge in [0.2, 0.25) is 5.16 Å². The first-order valence-corrected chi connectivity index (χ1v) is 8.25. The standard InChI is InChI=1S/C15H12N4S2/c16-9-11-3-1-4-12(7-11)10-21-15-17-14(18-19-15)8-13-5-2-6-20-13/h1-7H,8,10H2,(H,17,18,19). The van der Waals surface area contributed by atoms with Crippen LogP contribution in [0.1, 0.15) is 21.8 Å². The molecule has 0 spiro atoms. The molecule has 21 heavy (non-hydrogen) atoms. The first-order valence-electron chi connectivity index (χ1n) is 6.39. The van der Waals surface area contributed by atoms with Crippen LogP contribution >= 0.6 is 23.1 Å². The lowest BCUT2D eigenvalue weighted by molar-refractivity contribution is 0.960. The van der Waals surface area contributed by atoms with E-state index in [-0.39, 0.29) is 0 Å². The molecule has 0 aliphatic carbocycles. The highest BCUT2D eigenvalue weighted by Crippen LogP contribution is 2.20. The minimum absolute atomic E-state index is 0.682. The molecule has 4 nitrogen and oxygen atoms in total. The van der Waals surface area contributed by atoms with Crippen LogP contribution in [-0.2, 0) is 12.2 Å². The van der Waals surface area contributed by atoms with E-state index in [4.69, 9.17) is 5.26 Å². The molecular weight excluding hydrogens is 300 g/mol. The lowest BCUT2D eigenvalue weighted by atomic mass is 10.2. The van der Waals surface area contributed by atoms with E-state index in [1.54, 1.807) is 29.2 Å². The molecular formula is C15H12N4S2. The van der Waals surface area contributed by atoms with Gasteiger partial charge in [0, 0.05) is 17.1 Å². The predicted octanol–water partition coefficient (Wildman–Crippen LogP) is 3.62. The van der Waals surface area contributed by atoms with E-state index < -0.39 is 0 Å². The maximum Gasteiger partial charge on any atom is 0.208 e. The molecule has 1 aromatic carbocycles. The summed E-state index contributed by atoms with van der Waals surface area (Å²) in [5, 5.41) is 18.9. The number of hydrogen-bond acceptors (Lipinski definition) is 5. The monoisotopic (exact) mass is 312 g/mol. The van der Waals surface area contributed by atoms with E-state index in [2.05, 4.69) is 32.7 Å². The highest BCUT2D eigenvalue weighted by molar-refractivity contribution is 7.98. The van der Waals surface area contributed by atoms with Crippen molar-refractivity contribution in [3.8, 4) is 6.07 Å². The van der Waals surface area contributed by atoms with Crippen LogP contribution in [0.2, 0.25) is 0 Å². The number of H-pyrrole nitrogens is 1. The molecule has 0 radical (unpaired) electrons. The van der Waals surface area contributed by atoms with Gasteiger partial charge in [-0.05, 0) is 29.1 Å². The van der Waals surface area contributed by atoms with Gasteiger partial charge in [-0.15, -0.1) is 16.4 Å². The molecule has 104 valence electrons. The molecule has 6 heteroatoms. The van der Waals surface area contributed by atoms with Gasteiger partial charge in [0.05, 0.1) is 11.6 Å². The van der Waals surface area contributed by atoms with Crippen LogP contribution < -0.4 is 0 Å². The van der Waals surface area contributed by atoms with E-state index in [1.165, 1.54) is 4.88 Å². The van der Waals surface area contributed by atoms with Gasteiger partial charge in [-0.25, -0.2) is 4.98 Å². The second-order valence-corrected chi connectivity index (χ2v) is 6.40. The number of nitrogens with one attached hydrogen (secondary N) is 1. The van der Waals surface area contributed by atoms with Gasteiger partial charge in [0.25, 0.3) is 0 Å². The zero-order valence-corrected chi connectivity index (χ0v) is 12.7. The SMILES string of the molecule is N#Cc1cccc(CSc2n[nH]c(Cc3cccs3)n2)c1. The quantitative estimate of drug-likeness (QED) is 0.731. The fraction of sp³-hybridized carbons (Fsp3) is 0.133. The Bertz CT molecular complexity index is 756. The van der Waals surface area contributed by atoms with Crippen LogP contribution in [0.3, 0.4) is 0 Å². The Labute approximate surface area is 130 Å². The fourth-order valence-corrected chi connectivity index (χ4v) is 3.35. The average Bonchev–Trinajstić information content (AvgIpc) is 3.18. The Balaban J connectivity index is 1.61. The Morgan fingerprint density at radius 3 is 3.05 bits per heavy atom. The van der Waals surface area contributed by atoms with Crippen molar-refractivity contribution in [2.24, 2.45) is 0 Å². The fourth-order valence-electron chi connectivity index (χ4n) is 1.88. The van der Waals surface area contributed by atoms with E-state index in [0.29, 0.717) is 5.56 Å². The highest BCUT2D eigenvalue weighted by atomic mass is 32.2. The summed E-state index contributed by atoms with van der Waals surface area (Å²) in [5.74, 6) is 1.64. The predicted molar refractivity (Wildman–Crippen MR) is 84.2 cm³/mol. The van der Waals surface area contributed by atoms with Crippen molar-refractivity contribution >= 4 is 23.1 Å². The lowest BCUT2D eigenvalue weighted by Gasteiger charge is -1.98. The third kappa shape index (κ3) is 3.72. The second-order valence-electron chi connectivity index (χ2n) is 4.42. The number of thioether (sulfide) groups is 1. The zero-order chi connectivity index (χ0) is 14.5. The Morgan fingerprint density at radius 2 is 2.24 bits per heavy atom. The zero-order valence-electron chi connectivity index (χ0n) is 11.1. The molecule has 0 saturated carbocycles. The van der Waals surface area contributed by atoms with E-state index in [0.717, 1.165) is 28.7 Å². The largest absolute Gasteiger partial charge is 0.262 e. The molecule has 1 N–H and O–H groups in total. The van der Waals surface area contributed by atoms with Crippen molar-refractivity contribution in [2.75, 3.05) is 0 Å². The molecule has 0 unspecified atom stereocenters. The molecule has 0 aliphatic rings. The van der Waals surface area contributed by atoms with Crippen LogP contribution in [0.15, 0.2) is 46.9 Å². The minimum atomic E-state index is 0.682. The van der Waals surface area contributed by atoms with E-state index in [9.17, 15) is 0 Å². The number of nitrogens with zero attached hydrogens (tertiary/aromatic N) is 3. The summed E-state index contributed by atoms with van der Waals surface area (Å²) in [6.07, 6.45) is 0.787. The molecule has 0 bridgehead atoms. The first-order chi connectivity index (χ1) is 10.3. The van der Waals surface area contributed by atoms with Crippen molar-refractivity contribution in [1.82, 2.24) is 15.2 Å². The average molecular weight is 312 g/mol. The number of aromatic amines is 1. The molecule has 3 rings (SSSR count). The molecule has 0 atom stereocenters. The maximum absolute atomic E-state index is 8.89. The first kappa shape index (κ1) is 13.9. The van der Waals surface area contributed by atoms with Gasteiger partial charge in [-0.3, -0.25) is 5.10 Å². The molecule has 3 aromatic rings. The summed E-state index contributed by atoms with van der Waals surface area (Å²) in [7, 11) is 0. The van der Waals surface area contributed by atoms with E-state index >= 15 is 0 Å². The Morgan fingerprint density at radius 1 is 1.29 bits per heavy atom. The van der Waals surface area contributed by atoms with Crippen LogP contribution in [0.25, 0.3) is 0 Å². The van der Waals surface area contributed by atoms with Crippen molar-refractivity contribution in [3.05, 3.63) is 63.6 Å². The summed E-state index contributed by atoms with van der Waals surface area (Å²) in [4.78, 5) is 5.75. The molecule has 0 amide bonds. The molecule has 2 heterocycles. The topological polar surface area (TPSA) is 65.4 Å². The second kappa shape index (κ2) is 6.57. The number of thiophene rings is 1. The lowest BCUT2D eigenvalue weighted by Crippen LogP contribution is -1.87. The van der Waals surface area contributed by atoms with Crippen molar-refractivity contribution < 1.29 is 0 Å². The summed E-state index contributed by atoms with van der Waals surface area (Å²) in [6, 6.07) is 13.9. The summed E-state index contributed by atoms with van der Waals surface area (Å²) < 4.78 is 0. The molecule has 0 fully saturated rings. The van der Waals surface area contributed by atoms with Gasteiger partial charge in [0.15, 0.2) is 0 Å². The highest BCUT2D eigenvalue weighted by Gasteiger charge is 2.06. The molecule has 0 saturated heterocycles. The Kier molecular flexibility index (Phi) is 4.34. The minimum Gasteiger partial charge on any atom is -0.262 e. The summed E-state index contributed by atoms with van der Waals surface area (Å²) >= 11 is 3.28. The van der Waals surface area contributed by atoms with Gasteiger partial charge in [-0.1, -0.05) is 30.0 Å². The third-order valence-corrected chi connectivity index (χ3v) is 4.65. The number of benzene rings is 1. The van der Waals surface area contributed by atoms with Gasteiger partial charge < -0.3 is 0 Å². The van der Waals surface area contributed by atoms with Gasteiger partial charge in [-0.2, -0.15) is 5.26 Å². The molecule has 0 aliphatic heterocycles. The number of nitriles is 1. The van der Waals surface area contributed by atoms with Crippen LogP contribution in [0.5, 0.6) is 0 Å². The van der Waals surface area contributed by atoms with Crippen molar-refractivity contribution in [2.45, 2.75) is 17.3 Å². The maximum atomic E-state index is 8.89. The van der Waals surface area contributed by atoms with Crippen LogP contribution in [0, 0.1) is 11.3 Å². The van der Waals surface area contributed by atoms with Crippen LogP contribution in [-0.4, -0.2) is 15.2 Å². The number of rotatable bonds is 5. The third-order valence-electron chi connectivity index (χ3n) is 2.86. The van der Waals surface area contributed by atoms with Crippen molar-refractivity contribution in [3.63, 3.8) is 0 Å². The summed E-state index contributed by atoms with van der Waals surface area (Å²) in [6.45, 7) is 0. The summed E-state index contributed by atoms with van der Waals surface area (Å²) in [5.41, 5.74) is 1.78. The van der Waals surface area contributed by atoms with Crippen molar-refractivity contribution in [1.29, 1.82) is 5.26 Å². The smallest absolute Gasteiger partial charge is 0.208 e. The Hall–Kier alpha value is -2.10. The number of hydrogen-bond donors (Lipinski definition) is 1. The molecule has 2 aromatic heterocycles.